The van der Waals surface area contributed by atoms with Gasteiger partial charge >= 0.3 is 5.97 Å². The molecule has 118 valence electrons. The molecule has 0 aliphatic rings. The Kier molecular flexibility index (Phi) is 3.87. The number of carboxylic acid groups (broad SMARTS) is 1. The molecule has 23 heavy (non-hydrogen) atoms. The van der Waals surface area contributed by atoms with Crippen molar-refractivity contribution >= 4 is 28.5 Å². The number of aromatic nitrogens is 1. The van der Waals surface area contributed by atoms with E-state index < -0.39 is 24.2 Å². The minimum atomic E-state index is -1.17. The number of hydrogen-bond acceptors (Lipinski definition) is 4. The lowest BCUT2D eigenvalue weighted by atomic mass is 10.1. The Hall–Kier alpha value is -2.67. The second kappa shape index (κ2) is 5.85. The fourth-order valence-corrected chi connectivity index (χ4v) is 2.34. The number of aliphatic carboxylic acids is 1. The first-order valence-electron chi connectivity index (χ1n) is 6.36. The Bertz CT molecular complexity index is 910. The van der Waals surface area contributed by atoms with Crippen LogP contribution in [0.2, 0.25) is 5.02 Å². The van der Waals surface area contributed by atoms with Crippen LogP contribution in [0, 0.1) is 11.6 Å². The Labute approximate surface area is 133 Å². The lowest BCUT2D eigenvalue weighted by Crippen LogP contribution is -2.09. The molecule has 0 radical (unpaired) electrons. The molecule has 2 aromatic carbocycles. The molecule has 0 aliphatic carbocycles. The van der Waals surface area contributed by atoms with E-state index in [0.717, 1.165) is 6.07 Å². The van der Waals surface area contributed by atoms with Crippen LogP contribution in [0.4, 0.5) is 8.78 Å². The van der Waals surface area contributed by atoms with E-state index in [4.69, 9.17) is 26.0 Å². The van der Waals surface area contributed by atoms with Crippen LogP contribution in [0.5, 0.6) is 5.75 Å². The van der Waals surface area contributed by atoms with Gasteiger partial charge in [-0.15, -0.1) is 0 Å². The van der Waals surface area contributed by atoms with Crippen LogP contribution in [-0.2, 0) is 4.79 Å². The highest BCUT2D eigenvalue weighted by Gasteiger charge is 2.20. The van der Waals surface area contributed by atoms with Gasteiger partial charge in [0.05, 0.1) is 5.39 Å². The molecular formula is C15H8ClF2NO4. The number of hydrogen-bond donors (Lipinski definition) is 1. The molecule has 0 atom stereocenters. The summed E-state index contributed by atoms with van der Waals surface area (Å²) in [6.45, 7) is -0.579. The second-order valence-corrected chi connectivity index (χ2v) is 4.95. The van der Waals surface area contributed by atoms with Crippen LogP contribution in [0.15, 0.2) is 34.9 Å². The standard InChI is InChI=1S/C15H8ClF2NO4/c16-12-10(22-6-11(20)21)5-4-8-14(19-23-15(8)12)7-2-1-3-9(17)13(7)18/h1-5H,6H2,(H,20,21). The Morgan fingerprint density at radius 2 is 2.09 bits per heavy atom. The Morgan fingerprint density at radius 1 is 1.30 bits per heavy atom. The monoisotopic (exact) mass is 339 g/mol. The summed E-state index contributed by atoms with van der Waals surface area (Å²) in [7, 11) is 0. The molecule has 0 fully saturated rings. The van der Waals surface area contributed by atoms with E-state index in [1.165, 1.54) is 24.3 Å². The third-order valence-electron chi connectivity index (χ3n) is 3.10. The summed E-state index contributed by atoms with van der Waals surface area (Å²) >= 11 is 6.08. The van der Waals surface area contributed by atoms with Crippen molar-refractivity contribution in [2.75, 3.05) is 6.61 Å². The van der Waals surface area contributed by atoms with Gasteiger partial charge in [-0.1, -0.05) is 22.8 Å². The maximum Gasteiger partial charge on any atom is 0.341 e. The minimum absolute atomic E-state index is 0.000638. The normalized spacial score (nSPS) is 10.9. The lowest BCUT2D eigenvalue weighted by molar-refractivity contribution is -0.139. The van der Waals surface area contributed by atoms with Gasteiger partial charge in [-0.2, -0.15) is 0 Å². The average Bonchev–Trinajstić information content (AvgIpc) is 2.94. The van der Waals surface area contributed by atoms with E-state index in [2.05, 4.69) is 5.16 Å². The summed E-state index contributed by atoms with van der Waals surface area (Å²) in [6.07, 6.45) is 0. The van der Waals surface area contributed by atoms with E-state index >= 15 is 0 Å². The summed E-state index contributed by atoms with van der Waals surface area (Å²) in [5, 5.41) is 12.7. The number of carboxylic acids is 1. The minimum Gasteiger partial charge on any atom is -0.480 e. The van der Waals surface area contributed by atoms with Crippen molar-refractivity contribution in [3.63, 3.8) is 0 Å². The number of ether oxygens (including phenoxy) is 1. The van der Waals surface area contributed by atoms with Crippen LogP contribution in [0.3, 0.4) is 0 Å². The van der Waals surface area contributed by atoms with Crippen LogP contribution in [0.25, 0.3) is 22.2 Å². The average molecular weight is 340 g/mol. The van der Waals surface area contributed by atoms with Gasteiger partial charge in [0.25, 0.3) is 0 Å². The van der Waals surface area contributed by atoms with E-state index in [9.17, 15) is 13.6 Å². The zero-order valence-electron chi connectivity index (χ0n) is 11.3. The summed E-state index contributed by atoms with van der Waals surface area (Å²) < 4.78 is 37.3. The van der Waals surface area contributed by atoms with Crippen molar-refractivity contribution in [2.24, 2.45) is 0 Å². The fourth-order valence-electron chi connectivity index (χ4n) is 2.09. The molecule has 1 aromatic heterocycles. The van der Waals surface area contributed by atoms with Crippen LogP contribution >= 0.6 is 11.6 Å². The van der Waals surface area contributed by atoms with E-state index in [1.54, 1.807) is 0 Å². The molecule has 5 nitrogen and oxygen atoms in total. The smallest absolute Gasteiger partial charge is 0.341 e. The second-order valence-electron chi connectivity index (χ2n) is 4.57. The van der Waals surface area contributed by atoms with Crippen molar-refractivity contribution in [3.8, 4) is 17.0 Å². The third kappa shape index (κ3) is 2.70. The van der Waals surface area contributed by atoms with Gasteiger partial charge in [0.2, 0.25) is 0 Å². The highest BCUT2D eigenvalue weighted by atomic mass is 35.5. The number of benzene rings is 2. The first kappa shape index (κ1) is 15.2. The Balaban J connectivity index is 2.10. The van der Waals surface area contributed by atoms with Gasteiger partial charge in [0, 0.05) is 5.56 Å². The Morgan fingerprint density at radius 3 is 2.83 bits per heavy atom. The van der Waals surface area contributed by atoms with Crippen molar-refractivity contribution in [2.45, 2.75) is 0 Å². The van der Waals surface area contributed by atoms with E-state index in [-0.39, 0.29) is 27.6 Å². The summed E-state index contributed by atoms with van der Waals surface area (Å²) in [5.74, 6) is -3.14. The van der Waals surface area contributed by atoms with Gasteiger partial charge in [-0.25, -0.2) is 13.6 Å². The molecule has 0 saturated heterocycles. The molecule has 0 bridgehead atoms. The predicted octanol–water partition coefficient (Wildman–Crippen LogP) is 3.89. The number of halogens is 3. The molecule has 0 amide bonds. The van der Waals surface area contributed by atoms with Gasteiger partial charge in [0.15, 0.2) is 23.8 Å². The molecule has 0 saturated carbocycles. The highest BCUT2D eigenvalue weighted by molar-refractivity contribution is 6.36. The third-order valence-corrected chi connectivity index (χ3v) is 3.46. The summed E-state index contributed by atoms with van der Waals surface area (Å²) in [5.41, 5.74) is 0.107. The molecule has 3 rings (SSSR count). The summed E-state index contributed by atoms with van der Waals surface area (Å²) in [4.78, 5) is 10.5. The number of rotatable bonds is 4. The zero-order chi connectivity index (χ0) is 16.6. The van der Waals surface area contributed by atoms with Gasteiger partial charge < -0.3 is 14.4 Å². The van der Waals surface area contributed by atoms with Crippen LogP contribution < -0.4 is 4.74 Å². The molecule has 0 unspecified atom stereocenters. The molecule has 8 heteroatoms. The molecular weight excluding hydrogens is 332 g/mol. The number of carbonyl (C=O) groups is 1. The fraction of sp³-hybridized carbons (Fsp3) is 0.0667. The first-order valence-corrected chi connectivity index (χ1v) is 6.73. The van der Waals surface area contributed by atoms with E-state index in [1.807, 2.05) is 0 Å². The number of fused-ring (bicyclic) bond motifs is 1. The predicted molar refractivity (Wildman–Crippen MR) is 77.5 cm³/mol. The topological polar surface area (TPSA) is 72.6 Å². The zero-order valence-corrected chi connectivity index (χ0v) is 12.1. The van der Waals surface area contributed by atoms with Crippen LogP contribution in [0.1, 0.15) is 0 Å². The summed E-state index contributed by atoms with van der Waals surface area (Å²) in [6, 6.07) is 6.59. The van der Waals surface area contributed by atoms with Crippen molar-refractivity contribution in [1.29, 1.82) is 0 Å². The molecule has 0 aliphatic heterocycles. The maximum atomic E-state index is 13.9. The van der Waals surface area contributed by atoms with Crippen molar-refractivity contribution in [3.05, 3.63) is 47.0 Å². The van der Waals surface area contributed by atoms with Gasteiger partial charge in [-0.05, 0) is 24.3 Å². The van der Waals surface area contributed by atoms with Gasteiger partial charge in [-0.3, -0.25) is 0 Å². The molecule has 3 aromatic rings. The van der Waals surface area contributed by atoms with Gasteiger partial charge in [0.1, 0.15) is 16.5 Å². The molecule has 0 spiro atoms. The number of nitrogens with zero attached hydrogens (tertiary/aromatic N) is 1. The SMILES string of the molecule is O=C(O)COc1ccc2c(-c3cccc(F)c3F)noc2c1Cl. The molecule has 1 heterocycles. The van der Waals surface area contributed by atoms with E-state index in [0.29, 0.717) is 5.39 Å². The van der Waals surface area contributed by atoms with Crippen molar-refractivity contribution in [1.82, 2.24) is 5.16 Å². The quantitative estimate of drug-likeness (QED) is 0.780. The first-order chi connectivity index (χ1) is 11.0. The largest absolute Gasteiger partial charge is 0.480 e. The molecule has 1 N–H and O–H groups in total. The van der Waals surface area contributed by atoms with Crippen molar-refractivity contribution < 1.29 is 27.9 Å². The lowest BCUT2D eigenvalue weighted by Gasteiger charge is -2.05. The maximum absolute atomic E-state index is 13.9. The van der Waals surface area contributed by atoms with Crippen LogP contribution in [-0.4, -0.2) is 22.8 Å². The highest BCUT2D eigenvalue weighted by Crippen LogP contribution is 2.38.